The van der Waals surface area contributed by atoms with Gasteiger partial charge in [0.05, 0.1) is 30.6 Å². The Morgan fingerprint density at radius 2 is 1.88 bits per heavy atom. The SMILES string of the molecule is COC1=C[C@]23CCCN2CCc2cc4c(cc2[C@@H]3C1OC(=O)C(O)(CCCC(C)(C)O)CC(=O)NCCCCO)OCO4. The molecular formula is C32H46N2O9. The lowest BCUT2D eigenvalue weighted by atomic mass is 9.77. The summed E-state index contributed by atoms with van der Waals surface area (Å²) in [5.74, 6) is 0.178. The van der Waals surface area contributed by atoms with Gasteiger partial charge in [0, 0.05) is 19.7 Å². The van der Waals surface area contributed by atoms with Crippen LogP contribution in [0.15, 0.2) is 24.0 Å². The Morgan fingerprint density at radius 1 is 1.12 bits per heavy atom. The predicted molar refractivity (Wildman–Crippen MR) is 157 cm³/mol. The molecule has 4 N–H and O–H groups in total. The number of ether oxygens (including phenoxy) is 4. The van der Waals surface area contributed by atoms with Crippen molar-refractivity contribution in [2.75, 3.05) is 40.1 Å². The third kappa shape index (κ3) is 6.50. The van der Waals surface area contributed by atoms with Gasteiger partial charge in [-0.05, 0) is 101 Å². The van der Waals surface area contributed by atoms with Gasteiger partial charge in [-0.2, -0.15) is 0 Å². The molecule has 1 aliphatic carbocycles. The number of methoxy groups -OCH3 is 1. The molecule has 0 saturated carbocycles. The zero-order chi connectivity index (χ0) is 30.8. The second-order valence-electron chi connectivity index (χ2n) is 12.9. The quantitative estimate of drug-likeness (QED) is 0.196. The van der Waals surface area contributed by atoms with Crippen molar-refractivity contribution in [2.45, 2.75) is 100 Å². The maximum absolute atomic E-state index is 14.0. The average Bonchev–Trinajstić information content (AvgIpc) is 3.64. The summed E-state index contributed by atoms with van der Waals surface area (Å²) in [6.45, 7) is 5.55. The lowest BCUT2D eigenvalue weighted by Crippen LogP contribution is -2.50. The van der Waals surface area contributed by atoms with E-state index in [0.29, 0.717) is 49.5 Å². The molecule has 1 aromatic carbocycles. The second kappa shape index (κ2) is 12.6. The first-order chi connectivity index (χ1) is 20.5. The van der Waals surface area contributed by atoms with Crippen molar-refractivity contribution < 1.29 is 43.9 Å². The van der Waals surface area contributed by atoms with Crippen LogP contribution in [0.3, 0.4) is 0 Å². The van der Waals surface area contributed by atoms with Crippen LogP contribution in [0.2, 0.25) is 0 Å². The smallest absolute Gasteiger partial charge is 0.339 e. The molecule has 1 saturated heterocycles. The summed E-state index contributed by atoms with van der Waals surface area (Å²) in [6, 6.07) is 4.01. The lowest BCUT2D eigenvalue weighted by Gasteiger charge is -2.39. The second-order valence-corrected chi connectivity index (χ2v) is 12.9. The summed E-state index contributed by atoms with van der Waals surface area (Å²) in [4.78, 5) is 29.3. The van der Waals surface area contributed by atoms with Gasteiger partial charge in [0.2, 0.25) is 12.7 Å². The topological polar surface area (TPSA) is 147 Å². The van der Waals surface area contributed by atoms with Crippen LogP contribution < -0.4 is 14.8 Å². The Morgan fingerprint density at radius 3 is 2.60 bits per heavy atom. The molecule has 1 spiro atoms. The number of amides is 1. The number of fused-ring (bicyclic) bond motifs is 3. The zero-order valence-electron chi connectivity index (χ0n) is 25.5. The molecule has 3 heterocycles. The Kier molecular flexibility index (Phi) is 9.27. The number of rotatable bonds is 13. The van der Waals surface area contributed by atoms with Crippen molar-refractivity contribution >= 4 is 11.9 Å². The van der Waals surface area contributed by atoms with Crippen LogP contribution in [0.5, 0.6) is 11.5 Å². The Hall–Kier alpha value is -2.86. The molecule has 43 heavy (non-hydrogen) atoms. The number of hydrogen-bond acceptors (Lipinski definition) is 10. The minimum atomic E-state index is -2.11. The standard InChI is InChI=1S/C32H46N2O9/c1-30(2,38)9-6-11-32(39,19-26(36)33-12-4-5-15-35)29(37)43-28-25(40-3)18-31-10-7-13-34(31)14-8-21-16-23-24(42-20-41-23)17-22(21)27(28)31/h16-18,27-28,35,38-39H,4-15,19-20H2,1-3H3,(H,33,36)/t27-,28?,31+,32?/m1/s1. The molecule has 1 amide bonds. The maximum atomic E-state index is 14.0. The molecule has 11 nitrogen and oxygen atoms in total. The van der Waals surface area contributed by atoms with Gasteiger partial charge in [0.1, 0.15) is 5.76 Å². The number of nitrogens with zero attached hydrogens (tertiary/aromatic N) is 1. The Labute approximate surface area is 253 Å². The summed E-state index contributed by atoms with van der Waals surface area (Å²) in [7, 11) is 1.56. The van der Waals surface area contributed by atoms with E-state index in [1.54, 1.807) is 21.0 Å². The third-order valence-corrected chi connectivity index (χ3v) is 9.32. The van der Waals surface area contributed by atoms with E-state index < -0.39 is 41.1 Å². The highest BCUT2D eigenvalue weighted by Gasteiger charge is 2.59. The fourth-order valence-corrected chi connectivity index (χ4v) is 7.19. The van der Waals surface area contributed by atoms with Crippen LogP contribution in [-0.4, -0.2) is 95.1 Å². The van der Waals surface area contributed by atoms with E-state index in [1.165, 1.54) is 0 Å². The molecule has 0 radical (unpaired) electrons. The molecule has 2 unspecified atom stereocenters. The fraction of sp³-hybridized carbons (Fsp3) is 0.688. The van der Waals surface area contributed by atoms with E-state index in [2.05, 4.69) is 16.3 Å². The van der Waals surface area contributed by atoms with Crippen molar-refractivity contribution in [1.29, 1.82) is 0 Å². The van der Waals surface area contributed by atoms with Crippen molar-refractivity contribution in [2.24, 2.45) is 0 Å². The Bertz CT molecular complexity index is 1230. The number of nitrogens with one attached hydrogen (secondary N) is 1. The van der Waals surface area contributed by atoms with Crippen LogP contribution in [0, 0.1) is 0 Å². The summed E-state index contributed by atoms with van der Waals surface area (Å²) in [6.07, 6.45) is 5.11. The van der Waals surface area contributed by atoms with Gasteiger partial charge in [0.15, 0.2) is 23.2 Å². The van der Waals surface area contributed by atoms with Crippen molar-refractivity contribution in [3.05, 3.63) is 35.1 Å². The summed E-state index contributed by atoms with van der Waals surface area (Å²) in [5.41, 5.74) is -1.44. The van der Waals surface area contributed by atoms with Gasteiger partial charge >= 0.3 is 5.97 Å². The molecule has 1 fully saturated rings. The van der Waals surface area contributed by atoms with E-state index in [9.17, 15) is 19.8 Å². The van der Waals surface area contributed by atoms with Crippen LogP contribution in [0.25, 0.3) is 0 Å². The first-order valence-electron chi connectivity index (χ1n) is 15.5. The molecule has 0 bridgehead atoms. The normalized spacial score (nSPS) is 25.6. The first-order valence-corrected chi connectivity index (χ1v) is 15.5. The van der Waals surface area contributed by atoms with Crippen molar-refractivity contribution in [3.8, 4) is 11.5 Å². The number of benzene rings is 1. The summed E-state index contributed by atoms with van der Waals surface area (Å²) < 4.78 is 23.5. The highest BCUT2D eigenvalue weighted by molar-refractivity contribution is 5.88. The Balaban J connectivity index is 1.44. The minimum Gasteiger partial charge on any atom is -0.497 e. The van der Waals surface area contributed by atoms with Crippen LogP contribution in [-0.2, 0) is 25.5 Å². The van der Waals surface area contributed by atoms with E-state index in [4.69, 9.17) is 24.1 Å². The van der Waals surface area contributed by atoms with Crippen LogP contribution >= 0.6 is 0 Å². The van der Waals surface area contributed by atoms with Gasteiger partial charge in [0.25, 0.3) is 0 Å². The number of carbonyl (C=O) groups excluding carboxylic acids is 2. The monoisotopic (exact) mass is 602 g/mol. The number of aliphatic hydroxyl groups excluding tert-OH is 1. The van der Waals surface area contributed by atoms with Crippen molar-refractivity contribution in [1.82, 2.24) is 10.2 Å². The van der Waals surface area contributed by atoms with Gasteiger partial charge in [-0.3, -0.25) is 9.69 Å². The molecule has 4 atom stereocenters. The van der Waals surface area contributed by atoms with Gasteiger partial charge < -0.3 is 39.6 Å². The molecule has 4 aliphatic rings. The van der Waals surface area contributed by atoms with Crippen molar-refractivity contribution in [3.63, 3.8) is 0 Å². The minimum absolute atomic E-state index is 0.0188. The lowest BCUT2D eigenvalue weighted by molar-refractivity contribution is -0.176. The number of hydrogen-bond donors (Lipinski definition) is 4. The van der Waals surface area contributed by atoms with E-state index in [0.717, 1.165) is 43.5 Å². The molecule has 3 aliphatic heterocycles. The van der Waals surface area contributed by atoms with Crippen LogP contribution in [0.1, 0.15) is 82.3 Å². The number of esters is 1. The molecular weight excluding hydrogens is 556 g/mol. The van der Waals surface area contributed by atoms with Crippen LogP contribution in [0.4, 0.5) is 0 Å². The predicted octanol–water partition coefficient (Wildman–Crippen LogP) is 2.30. The highest BCUT2D eigenvalue weighted by atomic mass is 16.7. The fourth-order valence-electron chi connectivity index (χ4n) is 7.19. The van der Waals surface area contributed by atoms with E-state index in [-0.39, 0.29) is 25.7 Å². The van der Waals surface area contributed by atoms with Gasteiger partial charge in [-0.25, -0.2) is 4.79 Å². The number of unbranched alkanes of at least 4 members (excludes halogenated alkanes) is 1. The molecule has 5 rings (SSSR count). The molecule has 0 aromatic heterocycles. The average molecular weight is 603 g/mol. The highest BCUT2D eigenvalue weighted by Crippen LogP contribution is 2.55. The third-order valence-electron chi connectivity index (χ3n) is 9.32. The summed E-state index contributed by atoms with van der Waals surface area (Å²) >= 11 is 0. The van der Waals surface area contributed by atoms with Gasteiger partial charge in [-0.1, -0.05) is 0 Å². The van der Waals surface area contributed by atoms with E-state index in [1.807, 2.05) is 12.1 Å². The maximum Gasteiger partial charge on any atom is 0.339 e. The van der Waals surface area contributed by atoms with Gasteiger partial charge in [-0.15, -0.1) is 0 Å². The largest absolute Gasteiger partial charge is 0.497 e. The molecule has 11 heteroatoms. The van der Waals surface area contributed by atoms with E-state index >= 15 is 0 Å². The summed E-state index contributed by atoms with van der Waals surface area (Å²) in [5, 5.41) is 33.8. The molecule has 238 valence electrons. The number of carbonyl (C=O) groups is 2. The molecule has 1 aromatic rings. The zero-order valence-corrected chi connectivity index (χ0v) is 25.5. The first kappa shape index (κ1) is 31.6. The number of aliphatic hydroxyl groups is 3.